The van der Waals surface area contributed by atoms with E-state index in [1.807, 2.05) is 0 Å². The van der Waals surface area contributed by atoms with Crippen LogP contribution in [0.3, 0.4) is 0 Å². The molecule has 1 unspecified atom stereocenters. The molecule has 1 aliphatic heterocycles. The molecule has 0 saturated carbocycles. The monoisotopic (exact) mass is 216 g/mol. The van der Waals surface area contributed by atoms with Gasteiger partial charge in [0.15, 0.2) is 6.10 Å². The summed E-state index contributed by atoms with van der Waals surface area (Å²) in [4.78, 5) is 23.7. The van der Waals surface area contributed by atoms with Gasteiger partial charge in [0, 0.05) is 13.0 Å². The van der Waals surface area contributed by atoms with Crippen molar-refractivity contribution in [1.29, 1.82) is 0 Å². The number of nitrogens with zero attached hydrogens (tertiary/aromatic N) is 1. The Hall–Kier alpha value is -1.14. The van der Waals surface area contributed by atoms with E-state index < -0.39 is 12.1 Å². The van der Waals surface area contributed by atoms with E-state index in [1.54, 1.807) is 0 Å². The second-order valence-electron chi connectivity index (χ2n) is 3.43. The zero-order valence-electron chi connectivity index (χ0n) is 8.52. The molecule has 0 radical (unpaired) electrons. The summed E-state index contributed by atoms with van der Waals surface area (Å²) >= 11 is 0. The van der Waals surface area contributed by atoms with Gasteiger partial charge < -0.3 is 20.5 Å². The van der Waals surface area contributed by atoms with Crippen molar-refractivity contribution in [3.05, 3.63) is 0 Å². The van der Waals surface area contributed by atoms with Crippen LogP contribution in [0.4, 0.5) is 0 Å². The van der Waals surface area contributed by atoms with Crippen LogP contribution in [0.5, 0.6) is 0 Å². The number of nitrogens with two attached hydrogens (primary N) is 1. The van der Waals surface area contributed by atoms with Crippen molar-refractivity contribution >= 4 is 11.9 Å². The van der Waals surface area contributed by atoms with Gasteiger partial charge in [0.25, 0.3) is 0 Å². The quantitative estimate of drug-likeness (QED) is 0.631. The van der Waals surface area contributed by atoms with E-state index in [2.05, 4.69) is 0 Å². The van der Waals surface area contributed by atoms with Crippen molar-refractivity contribution < 1.29 is 19.4 Å². The molecule has 0 aromatic carbocycles. The van der Waals surface area contributed by atoms with E-state index in [-0.39, 0.29) is 19.1 Å². The highest BCUT2D eigenvalue weighted by Gasteiger charge is 2.28. The van der Waals surface area contributed by atoms with Crippen molar-refractivity contribution in [3.8, 4) is 0 Å². The van der Waals surface area contributed by atoms with Gasteiger partial charge in [0.1, 0.15) is 0 Å². The number of carboxylic acid groups (broad SMARTS) is 1. The molecule has 0 aliphatic carbocycles. The molecule has 0 aromatic rings. The van der Waals surface area contributed by atoms with Gasteiger partial charge in [-0.05, 0) is 13.0 Å². The van der Waals surface area contributed by atoms with E-state index in [0.717, 1.165) is 0 Å². The molecule has 86 valence electrons. The molecule has 6 nitrogen and oxygen atoms in total. The van der Waals surface area contributed by atoms with Gasteiger partial charge in [-0.2, -0.15) is 0 Å². The first-order valence-corrected chi connectivity index (χ1v) is 4.97. The molecular formula is C9H16N2O4. The maximum absolute atomic E-state index is 11.5. The lowest BCUT2D eigenvalue weighted by atomic mass is 10.2. The summed E-state index contributed by atoms with van der Waals surface area (Å²) in [6, 6.07) is 0. The number of aliphatic carboxylic acids is 1. The summed E-state index contributed by atoms with van der Waals surface area (Å²) in [6.45, 7) is 1.36. The third kappa shape index (κ3) is 3.49. The molecule has 1 aliphatic rings. The number of morpholine rings is 1. The number of hydrogen-bond acceptors (Lipinski definition) is 4. The second-order valence-corrected chi connectivity index (χ2v) is 3.43. The fraction of sp³-hybridized carbons (Fsp3) is 0.778. The van der Waals surface area contributed by atoms with E-state index >= 15 is 0 Å². The largest absolute Gasteiger partial charge is 0.479 e. The van der Waals surface area contributed by atoms with Gasteiger partial charge in [-0.3, -0.25) is 4.79 Å². The lowest BCUT2D eigenvalue weighted by molar-refractivity contribution is -0.159. The minimum Gasteiger partial charge on any atom is -0.479 e. The molecular weight excluding hydrogens is 200 g/mol. The highest BCUT2D eigenvalue weighted by molar-refractivity contribution is 5.78. The highest BCUT2D eigenvalue weighted by atomic mass is 16.5. The SMILES string of the molecule is NCCCC(=O)N1CCOC(C(=O)O)C1. The van der Waals surface area contributed by atoms with Gasteiger partial charge in [0.05, 0.1) is 13.2 Å². The summed E-state index contributed by atoms with van der Waals surface area (Å²) < 4.78 is 5.01. The molecule has 1 saturated heterocycles. The zero-order valence-corrected chi connectivity index (χ0v) is 8.52. The smallest absolute Gasteiger partial charge is 0.334 e. The maximum Gasteiger partial charge on any atom is 0.334 e. The Labute approximate surface area is 88.0 Å². The zero-order chi connectivity index (χ0) is 11.3. The van der Waals surface area contributed by atoms with Crippen LogP contribution in [-0.2, 0) is 14.3 Å². The Bertz CT molecular complexity index is 244. The molecule has 1 atom stereocenters. The molecule has 15 heavy (non-hydrogen) atoms. The number of carbonyl (C=O) groups excluding carboxylic acids is 1. The van der Waals surface area contributed by atoms with Crippen LogP contribution in [0.25, 0.3) is 0 Å². The van der Waals surface area contributed by atoms with Crippen molar-refractivity contribution in [2.75, 3.05) is 26.2 Å². The lowest BCUT2D eigenvalue weighted by Crippen LogP contribution is -2.48. The maximum atomic E-state index is 11.5. The van der Waals surface area contributed by atoms with Gasteiger partial charge in [-0.25, -0.2) is 4.79 Å². The number of rotatable bonds is 4. The van der Waals surface area contributed by atoms with Crippen LogP contribution in [-0.4, -0.2) is 54.2 Å². The molecule has 0 bridgehead atoms. The van der Waals surface area contributed by atoms with Crippen LogP contribution in [0.15, 0.2) is 0 Å². The lowest BCUT2D eigenvalue weighted by Gasteiger charge is -2.30. The van der Waals surface area contributed by atoms with Crippen molar-refractivity contribution in [2.45, 2.75) is 18.9 Å². The first-order valence-electron chi connectivity index (χ1n) is 4.97. The predicted molar refractivity (Wildman–Crippen MR) is 52.2 cm³/mol. The van der Waals surface area contributed by atoms with E-state index in [9.17, 15) is 9.59 Å². The predicted octanol–water partition coefficient (Wildman–Crippen LogP) is -0.963. The normalized spacial score (nSPS) is 21.4. The Kier molecular flexibility index (Phi) is 4.51. The molecule has 0 aromatic heterocycles. The van der Waals surface area contributed by atoms with Gasteiger partial charge in [-0.15, -0.1) is 0 Å². The first kappa shape index (κ1) is 11.9. The van der Waals surface area contributed by atoms with Gasteiger partial charge in [0.2, 0.25) is 5.91 Å². The van der Waals surface area contributed by atoms with Crippen LogP contribution in [0.1, 0.15) is 12.8 Å². The Morgan fingerprint density at radius 3 is 2.87 bits per heavy atom. The minimum atomic E-state index is -1.02. The molecule has 6 heteroatoms. The number of amides is 1. The molecule has 1 heterocycles. The molecule has 0 spiro atoms. The fourth-order valence-electron chi connectivity index (χ4n) is 1.44. The van der Waals surface area contributed by atoms with E-state index in [0.29, 0.717) is 25.9 Å². The summed E-state index contributed by atoms with van der Waals surface area (Å²) in [5.41, 5.74) is 5.29. The number of carbonyl (C=O) groups is 2. The summed E-state index contributed by atoms with van der Waals surface area (Å²) in [5, 5.41) is 8.73. The van der Waals surface area contributed by atoms with Crippen molar-refractivity contribution in [1.82, 2.24) is 4.90 Å². The van der Waals surface area contributed by atoms with Crippen LogP contribution < -0.4 is 5.73 Å². The topological polar surface area (TPSA) is 92.9 Å². The van der Waals surface area contributed by atoms with E-state index in [1.165, 1.54) is 4.90 Å². The number of carboxylic acids is 1. The molecule has 1 rings (SSSR count). The first-order chi connectivity index (χ1) is 7.15. The third-order valence-electron chi connectivity index (χ3n) is 2.29. The third-order valence-corrected chi connectivity index (χ3v) is 2.29. The molecule has 3 N–H and O–H groups in total. The highest BCUT2D eigenvalue weighted by Crippen LogP contribution is 2.07. The Morgan fingerprint density at radius 2 is 2.27 bits per heavy atom. The fourth-order valence-corrected chi connectivity index (χ4v) is 1.44. The average Bonchev–Trinajstić information content (AvgIpc) is 2.26. The summed E-state index contributed by atoms with van der Waals surface area (Å²) in [6.07, 6.45) is 0.122. The van der Waals surface area contributed by atoms with Gasteiger partial charge >= 0.3 is 5.97 Å². The Balaban J connectivity index is 2.41. The second kappa shape index (κ2) is 5.67. The van der Waals surface area contributed by atoms with E-state index in [4.69, 9.17) is 15.6 Å². The average molecular weight is 216 g/mol. The van der Waals surface area contributed by atoms with Crippen molar-refractivity contribution in [3.63, 3.8) is 0 Å². The van der Waals surface area contributed by atoms with Gasteiger partial charge in [-0.1, -0.05) is 0 Å². The molecule has 1 fully saturated rings. The van der Waals surface area contributed by atoms with Crippen LogP contribution >= 0.6 is 0 Å². The Morgan fingerprint density at radius 1 is 1.53 bits per heavy atom. The minimum absolute atomic E-state index is 0.0463. The molecule has 1 amide bonds. The van der Waals surface area contributed by atoms with Crippen LogP contribution in [0, 0.1) is 0 Å². The van der Waals surface area contributed by atoms with Crippen molar-refractivity contribution in [2.24, 2.45) is 5.73 Å². The standard InChI is InChI=1S/C9H16N2O4/c10-3-1-2-8(12)11-4-5-15-7(6-11)9(13)14/h7H,1-6,10H2,(H,13,14). The summed E-state index contributed by atoms with van der Waals surface area (Å²) in [7, 11) is 0. The summed E-state index contributed by atoms with van der Waals surface area (Å²) in [5.74, 6) is -1.07. The number of hydrogen-bond donors (Lipinski definition) is 2. The van der Waals surface area contributed by atoms with Crippen LogP contribution in [0.2, 0.25) is 0 Å². The number of ether oxygens (including phenoxy) is 1.